The minimum absolute atomic E-state index is 0.202. The molecular weight excluding hydrogens is 380 g/mol. The third kappa shape index (κ3) is 4.29. The van der Waals surface area contributed by atoms with Crippen LogP contribution in [-0.4, -0.2) is 29.7 Å². The van der Waals surface area contributed by atoms with E-state index in [1.165, 1.54) is 25.3 Å². The molecule has 0 aliphatic rings. The quantitative estimate of drug-likeness (QED) is 0.503. The predicted octanol–water partition coefficient (Wildman–Crippen LogP) is 4.01. The summed E-state index contributed by atoms with van der Waals surface area (Å²) in [5.41, 5.74) is 1.11. The number of halogens is 1. The van der Waals surface area contributed by atoms with E-state index in [1.807, 2.05) is 12.1 Å². The van der Waals surface area contributed by atoms with Gasteiger partial charge in [-0.1, -0.05) is 36.4 Å². The van der Waals surface area contributed by atoms with Gasteiger partial charge in [0.05, 0.1) is 28.6 Å². The van der Waals surface area contributed by atoms with Crippen molar-refractivity contribution < 1.29 is 14.3 Å². The zero-order chi connectivity index (χ0) is 20.1. The summed E-state index contributed by atoms with van der Waals surface area (Å²) in [4.78, 5) is 31.1. The van der Waals surface area contributed by atoms with E-state index in [0.717, 1.165) is 5.56 Å². The molecule has 0 amide bonds. The fourth-order valence-corrected chi connectivity index (χ4v) is 2.74. The molecule has 28 heavy (non-hydrogen) atoms. The van der Waals surface area contributed by atoms with Gasteiger partial charge in [0.15, 0.2) is 5.82 Å². The van der Waals surface area contributed by atoms with Crippen LogP contribution >= 0.6 is 11.6 Å². The topological polar surface area (TPSA) is 81.3 Å². The van der Waals surface area contributed by atoms with Crippen molar-refractivity contribution in [2.45, 2.75) is 0 Å². The van der Waals surface area contributed by atoms with Crippen LogP contribution in [0, 0.1) is 0 Å². The molecule has 0 unspecified atom stereocenters. The molecule has 0 fully saturated rings. The molecule has 6 nitrogen and oxygen atoms in total. The summed E-state index contributed by atoms with van der Waals surface area (Å²) >= 11 is 6.36. The van der Waals surface area contributed by atoms with Gasteiger partial charge in [-0.2, -0.15) is 0 Å². The van der Waals surface area contributed by atoms with E-state index in [4.69, 9.17) is 21.1 Å². The highest BCUT2D eigenvalue weighted by Gasteiger charge is 2.11. The van der Waals surface area contributed by atoms with Crippen LogP contribution in [0.5, 0.6) is 5.75 Å². The number of carbonyl (C=O) groups is 1. The molecule has 2 aromatic carbocycles. The number of fused-ring (bicyclic) bond motifs is 1. The third-order valence-electron chi connectivity index (χ3n) is 3.90. The van der Waals surface area contributed by atoms with E-state index in [0.29, 0.717) is 28.8 Å². The van der Waals surface area contributed by atoms with Crippen LogP contribution in [0.4, 0.5) is 0 Å². The van der Waals surface area contributed by atoms with Crippen LogP contribution in [0.2, 0.25) is 0 Å². The first-order valence-corrected chi connectivity index (χ1v) is 8.73. The number of H-pyrrole nitrogens is 1. The number of carbonyl (C=O) groups excluding carboxylic acids is 1. The normalized spacial score (nSPS) is 11.3. The number of nitrogens with one attached hydrogen (secondary N) is 1. The average Bonchev–Trinajstić information content (AvgIpc) is 2.72. The molecule has 7 heteroatoms. The second kappa shape index (κ2) is 8.54. The SMILES string of the molecule is C=CCOc1ccc(/C=C(\Cl)c2nc3cc(C(=O)OC)ccc3c(=O)[nH]2)cc1. The molecular formula is C21H17ClN2O4. The Kier molecular flexibility index (Phi) is 5.91. The predicted molar refractivity (Wildman–Crippen MR) is 110 cm³/mol. The Balaban J connectivity index is 1.95. The van der Waals surface area contributed by atoms with Crippen LogP contribution < -0.4 is 10.3 Å². The third-order valence-corrected chi connectivity index (χ3v) is 4.18. The van der Waals surface area contributed by atoms with Crippen LogP contribution in [0.3, 0.4) is 0 Å². The lowest BCUT2D eigenvalue weighted by atomic mass is 10.1. The van der Waals surface area contributed by atoms with Crippen LogP contribution in [0.15, 0.2) is 59.9 Å². The van der Waals surface area contributed by atoms with Crippen LogP contribution in [0.1, 0.15) is 21.7 Å². The summed E-state index contributed by atoms with van der Waals surface area (Å²) in [6.07, 6.45) is 3.34. The molecule has 142 valence electrons. The van der Waals surface area contributed by atoms with E-state index in [2.05, 4.69) is 16.5 Å². The van der Waals surface area contributed by atoms with Gasteiger partial charge in [-0.15, -0.1) is 0 Å². The van der Waals surface area contributed by atoms with Gasteiger partial charge in [0.1, 0.15) is 12.4 Å². The number of ether oxygens (including phenoxy) is 2. The number of benzene rings is 2. The van der Waals surface area contributed by atoms with E-state index < -0.39 is 5.97 Å². The standard InChI is InChI=1S/C21H17ClN2O4/c1-3-10-28-15-7-4-13(5-8-15)11-17(22)19-23-18-12-14(21(26)27-2)6-9-16(18)20(25)24-19/h3-9,11-12H,1,10H2,2H3,(H,23,24,25)/b17-11-. The zero-order valence-corrected chi connectivity index (χ0v) is 15.8. The molecule has 0 bridgehead atoms. The largest absolute Gasteiger partial charge is 0.490 e. The van der Waals surface area contributed by atoms with E-state index >= 15 is 0 Å². The number of methoxy groups -OCH3 is 1. The number of nitrogens with zero attached hydrogens (tertiary/aromatic N) is 1. The highest BCUT2D eigenvalue weighted by atomic mass is 35.5. The van der Waals surface area contributed by atoms with Crippen molar-refractivity contribution in [3.8, 4) is 5.75 Å². The van der Waals surface area contributed by atoms with Gasteiger partial charge in [0.25, 0.3) is 5.56 Å². The molecule has 0 atom stereocenters. The van der Waals surface area contributed by atoms with Crippen molar-refractivity contribution >= 4 is 39.6 Å². The first kappa shape index (κ1) is 19.4. The molecule has 0 radical (unpaired) electrons. The molecule has 3 aromatic rings. The van der Waals surface area contributed by atoms with Gasteiger partial charge in [0.2, 0.25) is 0 Å². The Morgan fingerprint density at radius 1 is 1.25 bits per heavy atom. The molecule has 0 spiro atoms. The summed E-state index contributed by atoms with van der Waals surface area (Å²) in [5.74, 6) is 0.403. The maximum absolute atomic E-state index is 12.3. The second-order valence-electron chi connectivity index (χ2n) is 5.80. The maximum Gasteiger partial charge on any atom is 0.337 e. The Labute approximate surface area is 166 Å². The van der Waals surface area contributed by atoms with E-state index in [1.54, 1.807) is 24.3 Å². The van der Waals surface area contributed by atoms with Crippen LogP contribution in [-0.2, 0) is 4.74 Å². The van der Waals surface area contributed by atoms with Crippen molar-refractivity contribution in [1.29, 1.82) is 0 Å². The smallest absolute Gasteiger partial charge is 0.337 e. The molecule has 1 aromatic heterocycles. The average molecular weight is 397 g/mol. The summed E-state index contributed by atoms with van der Waals surface area (Å²) in [6.45, 7) is 4.02. The highest BCUT2D eigenvalue weighted by molar-refractivity contribution is 6.50. The van der Waals surface area contributed by atoms with Gasteiger partial charge in [-0.05, 0) is 42.0 Å². The number of aromatic nitrogens is 2. The lowest BCUT2D eigenvalue weighted by Gasteiger charge is -2.05. The minimum atomic E-state index is -0.508. The van der Waals surface area contributed by atoms with E-state index in [-0.39, 0.29) is 16.4 Å². The van der Waals surface area contributed by atoms with Gasteiger partial charge >= 0.3 is 5.97 Å². The molecule has 0 aliphatic heterocycles. The maximum atomic E-state index is 12.3. The highest BCUT2D eigenvalue weighted by Crippen LogP contribution is 2.22. The van der Waals surface area contributed by atoms with Crippen molar-refractivity contribution in [2.75, 3.05) is 13.7 Å². The Morgan fingerprint density at radius 3 is 2.68 bits per heavy atom. The van der Waals surface area contributed by atoms with Crippen LogP contribution in [0.25, 0.3) is 22.0 Å². The molecule has 0 saturated carbocycles. The fourth-order valence-electron chi connectivity index (χ4n) is 2.53. The number of hydrogen-bond acceptors (Lipinski definition) is 5. The number of esters is 1. The molecule has 3 rings (SSSR count). The summed E-state index contributed by atoms with van der Waals surface area (Å²) in [7, 11) is 1.29. The summed E-state index contributed by atoms with van der Waals surface area (Å²) in [5, 5.41) is 0.604. The fraction of sp³-hybridized carbons (Fsp3) is 0.0952. The second-order valence-corrected chi connectivity index (χ2v) is 6.21. The van der Waals surface area contributed by atoms with Gasteiger partial charge < -0.3 is 14.5 Å². The van der Waals surface area contributed by atoms with Crippen molar-refractivity contribution in [3.63, 3.8) is 0 Å². The molecule has 0 saturated heterocycles. The van der Waals surface area contributed by atoms with Crippen molar-refractivity contribution in [2.24, 2.45) is 0 Å². The molecule has 0 aliphatic carbocycles. The minimum Gasteiger partial charge on any atom is -0.490 e. The van der Waals surface area contributed by atoms with Gasteiger partial charge in [0, 0.05) is 0 Å². The Morgan fingerprint density at radius 2 is 2.00 bits per heavy atom. The van der Waals surface area contributed by atoms with E-state index in [9.17, 15) is 9.59 Å². The van der Waals surface area contributed by atoms with Crippen molar-refractivity contribution in [1.82, 2.24) is 9.97 Å². The number of aromatic amines is 1. The lowest BCUT2D eigenvalue weighted by Crippen LogP contribution is -2.11. The zero-order valence-electron chi connectivity index (χ0n) is 15.1. The number of rotatable bonds is 6. The van der Waals surface area contributed by atoms with Gasteiger partial charge in [-0.3, -0.25) is 4.79 Å². The summed E-state index contributed by atoms with van der Waals surface area (Å²) in [6, 6.07) is 11.8. The van der Waals surface area contributed by atoms with Gasteiger partial charge in [-0.25, -0.2) is 9.78 Å². The molecule has 1 heterocycles. The lowest BCUT2D eigenvalue weighted by molar-refractivity contribution is 0.0601. The first-order valence-electron chi connectivity index (χ1n) is 8.35. The van der Waals surface area contributed by atoms with Crippen molar-refractivity contribution in [3.05, 3.63) is 82.4 Å². The first-order chi connectivity index (χ1) is 13.5. The number of hydrogen-bond donors (Lipinski definition) is 1. The monoisotopic (exact) mass is 396 g/mol. The Hall–Kier alpha value is -3.38. The summed E-state index contributed by atoms with van der Waals surface area (Å²) < 4.78 is 10.1. The molecule has 1 N–H and O–H groups in total. The Bertz CT molecular complexity index is 1120.